The largest absolute Gasteiger partial charge is 0.459 e. The highest BCUT2D eigenvalue weighted by atomic mass is 16.7. The van der Waals surface area contributed by atoms with Crippen LogP contribution in [0.1, 0.15) is 181 Å². The summed E-state index contributed by atoms with van der Waals surface area (Å²) < 4.78 is 14.3. The molecular weight excluding hydrogens is 1000 g/mol. The summed E-state index contributed by atoms with van der Waals surface area (Å²) in [5.41, 5.74) is 11.0. The quantitative estimate of drug-likeness (QED) is 0.0478. The number of esters is 1. The Balaban J connectivity index is 0.954. The molecule has 13 rings (SSSR count). The van der Waals surface area contributed by atoms with Crippen molar-refractivity contribution in [3.05, 3.63) is 116 Å². The second kappa shape index (κ2) is 21.5. The summed E-state index contributed by atoms with van der Waals surface area (Å²) in [6.45, 7) is 5.58. The van der Waals surface area contributed by atoms with Crippen LogP contribution in [0.4, 0.5) is 0 Å². The number of nitrogens with one attached hydrogen (secondary N) is 5. The molecule has 12 aliphatic rings. The Hall–Kier alpha value is -4.63. The summed E-state index contributed by atoms with van der Waals surface area (Å²) >= 11 is 0. The first kappa shape index (κ1) is 54.6. The van der Waals surface area contributed by atoms with Gasteiger partial charge in [-0.1, -0.05) is 93.2 Å². The van der Waals surface area contributed by atoms with E-state index in [1.165, 1.54) is 54.4 Å². The minimum atomic E-state index is -2.26. The third-order valence-electron chi connectivity index (χ3n) is 22.7. The van der Waals surface area contributed by atoms with Crippen molar-refractivity contribution in [2.24, 2.45) is 52.6 Å². The zero-order valence-electron chi connectivity index (χ0n) is 47.9. The monoisotopic (exact) mass is 1090 g/mol. The van der Waals surface area contributed by atoms with Crippen LogP contribution < -0.4 is 32.3 Å². The molecule has 1 aromatic carbocycles. The Kier molecular flexibility index (Phi) is 14.7. The topological polar surface area (TPSA) is 200 Å². The van der Waals surface area contributed by atoms with E-state index in [-0.39, 0.29) is 71.5 Å². The van der Waals surface area contributed by atoms with Gasteiger partial charge in [0, 0.05) is 47.7 Å². The molecule has 1 saturated heterocycles. The molecule has 0 radical (unpaired) electrons. The van der Waals surface area contributed by atoms with Gasteiger partial charge in [0.15, 0.2) is 11.4 Å². The van der Waals surface area contributed by atoms with Crippen LogP contribution in [0.15, 0.2) is 99.6 Å². The third kappa shape index (κ3) is 9.48. The molecule has 6 heterocycles. The summed E-state index contributed by atoms with van der Waals surface area (Å²) in [5.74, 6) is 0.458. The van der Waals surface area contributed by atoms with Crippen molar-refractivity contribution in [2.45, 2.75) is 203 Å². The molecule has 14 atom stereocenters. The number of Topliss-reactive ketones (excluding diaryl/α,β-unsaturated/α-hetero) is 2. The molecule has 80 heavy (non-hydrogen) atoms. The Bertz CT molecular complexity index is 2890. The van der Waals surface area contributed by atoms with Gasteiger partial charge in [0.25, 0.3) is 5.60 Å². The molecule has 9 N–H and O–H groups in total. The molecule has 3 saturated carbocycles. The lowest BCUT2D eigenvalue weighted by atomic mass is 9.50. The number of carbonyl (C=O) groups excluding carboxylic acids is 3. The van der Waals surface area contributed by atoms with E-state index >= 15 is 14.4 Å². The molecule has 13 heteroatoms. The third-order valence-corrected chi connectivity index (χ3v) is 22.7. The number of hydrogen-bond acceptors (Lipinski definition) is 13. The van der Waals surface area contributed by atoms with E-state index in [1.54, 1.807) is 6.07 Å². The van der Waals surface area contributed by atoms with Crippen LogP contribution in [-0.4, -0.2) is 95.8 Å². The van der Waals surface area contributed by atoms with Gasteiger partial charge in [-0.2, -0.15) is 0 Å². The van der Waals surface area contributed by atoms with Gasteiger partial charge in [-0.05, 0) is 204 Å². The Morgan fingerprint density at radius 1 is 0.950 bits per heavy atom. The fourth-order valence-corrected chi connectivity index (χ4v) is 18.4. The smallest absolute Gasteiger partial charge is 0.350 e. The number of rotatable bonds is 10. The normalized spacial score (nSPS) is 39.6. The highest BCUT2D eigenvalue weighted by Crippen LogP contribution is 2.63. The summed E-state index contributed by atoms with van der Waals surface area (Å²) in [6.07, 6.45) is 32.7. The van der Waals surface area contributed by atoms with E-state index in [2.05, 4.69) is 70.1 Å². The molecular formula is C67H90N6O7. The SMILES string of the molecule is CNC1CCC2=C(NCC=C2CCC(C)=C(CO)CC23OC24C(=O)OC2C5CC(O)CC6CCC7=CC(=CNC7N)CC(C)(CCCCC7CC=CC8=CC(NCC9CCCCC9)(CC65)C2CC87)Cc2cccc(c2C4=O)C3=O)N1. The summed E-state index contributed by atoms with van der Waals surface area (Å²) in [5, 5.41) is 42.0. The number of aliphatic hydroxyl groups excluding tert-OH is 2. The number of hydrogen-bond donors (Lipinski definition) is 8. The van der Waals surface area contributed by atoms with Crippen LogP contribution in [0.3, 0.4) is 0 Å². The standard InChI is InChI=1S/C67H90N6O7/c1-39(18-19-43-24-26-70-62-50(43)22-23-56(69-3)73-62)48(38-74)34-66-59(76)51-17-10-16-47-32-64(2)25-8-7-13-42-14-9-15-46-33-65(72-37-40-11-5-4-6-12-40)35-54-44(20-21-45-27-41(31-64)36-71-61(45)68)28-49(75)29-53(54)58(55(65)30-52(42)46)79-63(78)67(66,80-66)60(77)57(47)51/h9-10,15-17,24,27,33,36,40,42,44,49,52-56,58,61,69-75H,4-8,11-14,18-23,25-26,28-32,34-35,37-38,68H2,1-3H3. The minimum absolute atomic E-state index is 0.0803. The average Bonchev–Trinajstić information content (AvgIpc) is 2.13. The molecule has 14 unspecified atom stereocenters. The molecule has 1 spiro atoms. The molecule has 0 aromatic heterocycles. The average molecular weight is 1090 g/mol. The van der Waals surface area contributed by atoms with E-state index in [0.717, 1.165) is 113 Å². The lowest BCUT2D eigenvalue weighted by molar-refractivity contribution is -0.180. The number of carbonyl (C=O) groups is 3. The first-order chi connectivity index (χ1) is 38.7. The van der Waals surface area contributed by atoms with Crippen molar-refractivity contribution in [1.29, 1.82) is 0 Å². The molecule has 430 valence electrons. The van der Waals surface area contributed by atoms with E-state index in [4.69, 9.17) is 15.2 Å². The van der Waals surface area contributed by atoms with Crippen LogP contribution in [0.25, 0.3) is 0 Å². The summed E-state index contributed by atoms with van der Waals surface area (Å²) in [7, 11) is 1.97. The summed E-state index contributed by atoms with van der Waals surface area (Å²) in [4.78, 5) is 48.8. The van der Waals surface area contributed by atoms with Crippen LogP contribution in [0, 0.1) is 46.8 Å². The lowest BCUT2D eigenvalue weighted by Crippen LogP contribution is -2.67. The number of aliphatic hydroxyl groups is 2. The molecule has 6 aliphatic heterocycles. The van der Waals surface area contributed by atoms with Crippen molar-refractivity contribution in [3.8, 4) is 0 Å². The minimum Gasteiger partial charge on any atom is -0.459 e. The fourth-order valence-electron chi connectivity index (χ4n) is 18.4. The van der Waals surface area contributed by atoms with Crippen molar-refractivity contribution >= 4 is 17.5 Å². The van der Waals surface area contributed by atoms with Gasteiger partial charge in [0.2, 0.25) is 5.78 Å². The zero-order valence-corrected chi connectivity index (χ0v) is 47.9. The number of ether oxygens (including phenoxy) is 2. The maximum atomic E-state index is 16.5. The van der Waals surface area contributed by atoms with Crippen molar-refractivity contribution in [3.63, 3.8) is 0 Å². The van der Waals surface area contributed by atoms with E-state index in [1.807, 2.05) is 26.1 Å². The maximum absolute atomic E-state index is 16.5. The second-order valence-electron chi connectivity index (χ2n) is 27.6. The molecule has 1 aromatic rings. The van der Waals surface area contributed by atoms with Gasteiger partial charge in [-0.3, -0.25) is 9.59 Å². The van der Waals surface area contributed by atoms with Crippen molar-refractivity contribution in [1.82, 2.24) is 26.6 Å². The lowest BCUT2D eigenvalue weighted by Gasteiger charge is -2.60. The van der Waals surface area contributed by atoms with Crippen LogP contribution in [0.5, 0.6) is 0 Å². The van der Waals surface area contributed by atoms with E-state index in [9.17, 15) is 10.2 Å². The molecule has 11 bridgehead atoms. The van der Waals surface area contributed by atoms with Gasteiger partial charge in [-0.25, -0.2) is 4.79 Å². The first-order valence-corrected chi connectivity index (χ1v) is 31.5. The van der Waals surface area contributed by atoms with Crippen LogP contribution in [-0.2, 0) is 20.7 Å². The zero-order chi connectivity index (χ0) is 55.1. The number of ketones is 2. The molecule has 6 aliphatic carbocycles. The van der Waals surface area contributed by atoms with Gasteiger partial charge in [0.05, 0.1) is 25.0 Å². The van der Waals surface area contributed by atoms with Gasteiger partial charge in [-0.15, -0.1) is 0 Å². The predicted molar refractivity (Wildman–Crippen MR) is 309 cm³/mol. The highest BCUT2D eigenvalue weighted by molar-refractivity contribution is 6.33. The van der Waals surface area contributed by atoms with Crippen LogP contribution >= 0.6 is 0 Å². The number of dihydropyridines is 2. The van der Waals surface area contributed by atoms with Gasteiger partial charge < -0.3 is 52.0 Å². The maximum Gasteiger partial charge on any atom is 0.350 e. The Morgan fingerprint density at radius 2 is 1.80 bits per heavy atom. The van der Waals surface area contributed by atoms with E-state index < -0.39 is 46.5 Å². The van der Waals surface area contributed by atoms with E-state index in [0.29, 0.717) is 49.6 Å². The van der Waals surface area contributed by atoms with Gasteiger partial charge >= 0.3 is 5.97 Å². The first-order valence-electron chi connectivity index (χ1n) is 31.5. The Labute approximate surface area is 474 Å². The number of epoxide rings is 1. The highest BCUT2D eigenvalue weighted by Gasteiger charge is 2.86. The van der Waals surface area contributed by atoms with Gasteiger partial charge in [0.1, 0.15) is 11.9 Å². The molecule has 4 fully saturated rings. The number of benzene rings is 1. The second-order valence-corrected chi connectivity index (χ2v) is 27.6. The predicted octanol–water partition coefficient (Wildman–Crippen LogP) is 9.09. The number of allylic oxidation sites excluding steroid dienone is 8. The summed E-state index contributed by atoms with van der Waals surface area (Å²) in [6, 6.07) is 5.63. The Morgan fingerprint density at radius 3 is 2.64 bits per heavy atom. The fraction of sp³-hybridized carbons (Fsp3) is 0.657. The number of fused-ring (bicyclic) bond motifs is 3. The van der Waals surface area contributed by atoms with Crippen molar-refractivity contribution in [2.75, 3.05) is 26.7 Å². The molecule has 0 amide bonds. The van der Waals surface area contributed by atoms with Crippen molar-refractivity contribution < 1.29 is 34.1 Å². The van der Waals surface area contributed by atoms with Crippen LogP contribution in [0.2, 0.25) is 0 Å². The molecule has 13 nitrogen and oxygen atoms in total. The number of nitrogens with two attached hydrogens (primary N) is 1.